The molecule has 13 heavy (non-hydrogen) atoms. The van der Waals surface area contributed by atoms with Gasteiger partial charge in [-0.05, 0) is 39.4 Å². The van der Waals surface area contributed by atoms with Gasteiger partial charge in [-0.25, -0.2) is 0 Å². The van der Waals surface area contributed by atoms with Gasteiger partial charge >= 0.3 is 0 Å². The van der Waals surface area contributed by atoms with E-state index in [0.29, 0.717) is 6.54 Å². The van der Waals surface area contributed by atoms with E-state index >= 15 is 0 Å². The molecule has 0 aromatic heterocycles. The van der Waals surface area contributed by atoms with Crippen LogP contribution >= 0.6 is 0 Å². The molecule has 0 aromatic rings. The lowest BCUT2D eigenvalue weighted by atomic mass is 10.3. The molecule has 0 N–H and O–H groups in total. The molecule has 4 heteroatoms. The van der Waals surface area contributed by atoms with Gasteiger partial charge in [-0.1, -0.05) is 5.18 Å². The van der Waals surface area contributed by atoms with Crippen LogP contribution in [0.5, 0.6) is 0 Å². The largest absolute Gasteiger partial charge is 0.385 e. The minimum Gasteiger partial charge on any atom is -0.385 e. The summed E-state index contributed by atoms with van der Waals surface area (Å²) in [5.41, 5.74) is 0. The summed E-state index contributed by atoms with van der Waals surface area (Å²) in [6.45, 7) is 3.30. The molecule has 0 bridgehead atoms. The Balaban J connectivity index is 3.09. The summed E-state index contributed by atoms with van der Waals surface area (Å²) in [5, 5.41) is 2.82. The third-order valence-electron chi connectivity index (χ3n) is 1.93. The second-order valence-corrected chi connectivity index (χ2v) is 3.21. The van der Waals surface area contributed by atoms with Crippen LogP contribution in [0.2, 0.25) is 0 Å². The van der Waals surface area contributed by atoms with Gasteiger partial charge in [0.05, 0.1) is 6.54 Å². The molecule has 0 aliphatic carbocycles. The predicted molar refractivity (Wildman–Crippen MR) is 53.9 cm³/mol. The van der Waals surface area contributed by atoms with Gasteiger partial charge < -0.3 is 9.64 Å². The van der Waals surface area contributed by atoms with Crippen LogP contribution in [0.15, 0.2) is 5.18 Å². The Morgan fingerprint density at radius 3 is 2.54 bits per heavy atom. The number of hydrogen-bond acceptors (Lipinski definition) is 4. The van der Waals surface area contributed by atoms with Crippen LogP contribution in [-0.2, 0) is 4.74 Å². The second kappa shape index (κ2) is 9.61. The van der Waals surface area contributed by atoms with Gasteiger partial charge in [-0.2, -0.15) is 4.91 Å². The van der Waals surface area contributed by atoms with Gasteiger partial charge in [0.25, 0.3) is 0 Å². The van der Waals surface area contributed by atoms with E-state index in [1.165, 1.54) is 0 Å². The number of nitroso groups, excluding NO2 is 1. The fourth-order valence-corrected chi connectivity index (χ4v) is 1.15. The number of ether oxygens (including phenoxy) is 1. The molecule has 0 aliphatic heterocycles. The number of methoxy groups -OCH3 is 1. The van der Waals surface area contributed by atoms with Gasteiger partial charge in [0.2, 0.25) is 0 Å². The summed E-state index contributed by atoms with van der Waals surface area (Å²) >= 11 is 0. The van der Waals surface area contributed by atoms with Crippen LogP contribution in [-0.4, -0.2) is 45.3 Å². The molecule has 0 atom stereocenters. The van der Waals surface area contributed by atoms with Crippen LogP contribution in [0.4, 0.5) is 0 Å². The standard InChI is InChI=1S/C9H20N2O2/c1-11(8-5-6-10-12)7-3-4-9-13-2/h3-9H2,1-2H3. The molecule has 0 spiro atoms. The second-order valence-electron chi connectivity index (χ2n) is 3.21. The molecule has 0 unspecified atom stereocenters. The van der Waals surface area contributed by atoms with Gasteiger partial charge in [-0.3, -0.25) is 0 Å². The molecule has 0 radical (unpaired) electrons. The van der Waals surface area contributed by atoms with Crippen molar-refractivity contribution in [3.63, 3.8) is 0 Å². The molecule has 0 aliphatic rings. The Labute approximate surface area is 80.2 Å². The lowest BCUT2D eigenvalue weighted by Crippen LogP contribution is -2.21. The molecule has 0 rings (SSSR count). The minimum absolute atomic E-state index is 0.433. The first-order valence-electron chi connectivity index (χ1n) is 4.78. The molecule has 0 saturated carbocycles. The number of nitrogens with zero attached hydrogens (tertiary/aromatic N) is 2. The maximum atomic E-state index is 9.80. The quantitative estimate of drug-likeness (QED) is 0.407. The average Bonchev–Trinajstić information content (AvgIpc) is 2.13. The van der Waals surface area contributed by atoms with Gasteiger partial charge in [0.15, 0.2) is 0 Å². The molecule has 0 heterocycles. The molecule has 4 nitrogen and oxygen atoms in total. The highest BCUT2D eigenvalue weighted by molar-refractivity contribution is 4.53. The lowest BCUT2D eigenvalue weighted by molar-refractivity contribution is 0.187. The first-order valence-corrected chi connectivity index (χ1v) is 4.78. The third-order valence-corrected chi connectivity index (χ3v) is 1.93. The van der Waals surface area contributed by atoms with Crippen molar-refractivity contribution in [2.45, 2.75) is 19.3 Å². The monoisotopic (exact) mass is 188 g/mol. The van der Waals surface area contributed by atoms with Crippen molar-refractivity contribution in [2.75, 3.05) is 40.4 Å². The fraction of sp³-hybridized carbons (Fsp3) is 1.00. The smallest absolute Gasteiger partial charge is 0.0823 e. The average molecular weight is 188 g/mol. The molecule has 78 valence electrons. The van der Waals surface area contributed by atoms with E-state index in [9.17, 15) is 4.91 Å². The Hall–Kier alpha value is -0.480. The van der Waals surface area contributed by atoms with Crippen LogP contribution < -0.4 is 0 Å². The lowest BCUT2D eigenvalue weighted by Gasteiger charge is -2.14. The number of rotatable bonds is 9. The summed E-state index contributed by atoms with van der Waals surface area (Å²) in [7, 11) is 3.79. The summed E-state index contributed by atoms with van der Waals surface area (Å²) in [6.07, 6.45) is 3.12. The number of hydrogen-bond donors (Lipinski definition) is 0. The van der Waals surface area contributed by atoms with E-state index in [0.717, 1.165) is 39.0 Å². The molecular formula is C9H20N2O2. The maximum Gasteiger partial charge on any atom is 0.0823 e. The van der Waals surface area contributed by atoms with Crippen LogP contribution in [0.25, 0.3) is 0 Å². The van der Waals surface area contributed by atoms with Crippen LogP contribution in [0.1, 0.15) is 19.3 Å². The Morgan fingerprint density at radius 1 is 1.23 bits per heavy atom. The van der Waals surface area contributed by atoms with Crippen molar-refractivity contribution >= 4 is 0 Å². The molecule has 0 amide bonds. The van der Waals surface area contributed by atoms with Crippen molar-refractivity contribution < 1.29 is 4.74 Å². The Morgan fingerprint density at radius 2 is 1.92 bits per heavy atom. The first kappa shape index (κ1) is 12.5. The van der Waals surface area contributed by atoms with E-state index in [1.807, 2.05) is 0 Å². The summed E-state index contributed by atoms with van der Waals surface area (Å²) in [6, 6.07) is 0. The van der Waals surface area contributed by atoms with Crippen molar-refractivity contribution in [3.8, 4) is 0 Å². The zero-order valence-corrected chi connectivity index (χ0v) is 8.66. The van der Waals surface area contributed by atoms with Crippen molar-refractivity contribution in [1.82, 2.24) is 4.90 Å². The van der Waals surface area contributed by atoms with Crippen LogP contribution in [0, 0.1) is 4.91 Å². The maximum absolute atomic E-state index is 9.80. The highest BCUT2D eigenvalue weighted by Gasteiger charge is 1.97. The minimum atomic E-state index is 0.433. The molecular weight excluding hydrogens is 168 g/mol. The normalized spacial score (nSPS) is 10.7. The highest BCUT2D eigenvalue weighted by Crippen LogP contribution is 1.94. The van der Waals surface area contributed by atoms with Crippen molar-refractivity contribution in [3.05, 3.63) is 4.91 Å². The molecule has 0 aromatic carbocycles. The topological polar surface area (TPSA) is 41.9 Å². The predicted octanol–water partition coefficient (Wildman–Crippen LogP) is 1.50. The van der Waals surface area contributed by atoms with Crippen molar-refractivity contribution in [1.29, 1.82) is 0 Å². The third kappa shape index (κ3) is 9.43. The number of unbranched alkanes of at least 4 members (excludes halogenated alkanes) is 1. The van der Waals surface area contributed by atoms with E-state index < -0.39 is 0 Å². The molecule has 0 fully saturated rings. The highest BCUT2D eigenvalue weighted by atomic mass is 16.5. The zero-order valence-electron chi connectivity index (χ0n) is 8.66. The summed E-state index contributed by atoms with van der Waals surface area (Å²) in [5.74, 6) is 0. The van der Waals surface area contributed by atoms with Gasteiger partial charge in [0.1, 0.15) is 0 Å². The Kier molecular flexibility index (Phi) is 9.25. The summed E-state index contributed by atoms with van der Waals surface area (Å²) < 4.78 is 4.95. The fourth-order valence-electron chi connectivity index (χ4n) is 1.15. The zero-order chi connectivity index (χ0) is 9.94. The van der Waals surface area contributed by atoms with E-state index in [2.05, 4.69) is 17.1 Å². The first-order chi connectivity index (χ1) is 6.31. The SMILES string of the molecule is COCCCCN(C)CCCN=O. The van der Waals surface area contributed by atoms with E-state index in [1.54, 1.807) is 7.11 Å². The van der Waals surface area contributed by atoms with E-state index in [4.69, 9.17) is 4.74 Å². The van der Waals surface area contributed by atoms with E-state index in [-0.39, 0.29) is 0 Å². The van der Waals surface area contributed by atoms with Crippen molar-refractivity contribution in [2.24, 2.45) is 5.18 Å². The van der Waals surface area contributed by atoms with Gasteiger partial charge in [0, 0.05) is 13.7 Å². The Bertz CT molecular complexity index is 120. The van der Waals surface area contributed by atoms with Gasteiger partial charge in [-0.15, -0.1) is 0 Å². The molecule has 0 saturated heterocycles. The van der Waals surface area contributed by atoms with Crippen LogP contribution in [0.3, 0.4) is 0 Å². The summed E-state index contributed by atoms with van der Waals surface area (Å²) in [4.78, 5) is 12.0.